The van der Waals surface area contributed by atoms with Crippen molar-refractivity contribution in [2.45, 2.75) is 46.1 Å². The predicted molar refractivity (Wildman–Crippen MR) is 158 cm³/mol. The summed E-state index contributed by atoms with van der Waals surface area (Å²) < 4.78 is 1.76. The second kappa shape index (κ2) is 12.0. The molecule has 0 fully saturated rings. The molecule has 0 aliphatic carbocycles. The largest absolute Gasteiger partial charge is 0.291 e. The molecule has 0 atom stereocenters. The Morgan fingerprint density at radius 3 is 2.41 bits per heavy atom. The standard InChI is InChI=1S/C33H30N4OS/c1-3-4-14-31-30(19-24-15-17-25(18-16-24)29-13-9-8-12-27(29)20-34)33(38)37(23(2)35-31)21-28-22-39-32(36-28)26-10-6-5-7-11-26/h5-13,15-18,22H,3-4,14,19,21H2,1-2H3. The first-order valence-corrected chi connectivity index (χ1v) is 14.1. The van der Waals surface area contributed by atoms with E-state index in [1.807, 2.05) is 91.2 Å². The van der Waals surface area contributed by atoms with Gasteiger partial charge < -0.3 is 0 Å². The first-order chi connectivity index (χ1) is 19.1. The molecule has 0 unspecified atom stereocenters. The van der Waals surface area contributed by atoms with E-state index >= 15 is 0 Å². The fourth-order valence-electron chi connectivity index (χ4n) is 4.76. The molecule has 5 aromatic rings. The summed E-state index contributed by atoms with van der Waals surface area (Å²) in [4.78, 5) is 23.6. The molecule has 0 radical (unpaired) electrons. The normalized spacial score (nSPS) is 10.9. The van der Waals surface area contributed by atoms with Gasteiger partial charge in [-0.3, -0.25) is 9.36 Å². The number of aromatic nitrogens is 3. The Hall–Kier alpha value is -4.34. The van der Waals surface area contributed by atoms with Crippen molar-refractivity contribution in [1.82, 2.24) is 14.5 Å². The average molecular weight is 531 g/mol. The lowest BCUT2D eigenvalue weighted by molar-refractivity contribution is 0.655. The molecule has 3 aromatic carbocycles. The van der Waals surface area contributed by atoms with E-state index in [2.05, 4.69) is 13.0 Å². The lowest BCUT2D eigenvalue weighted by Gasteiger charge is -2.15. The Bertz CT molecular complexity index is 1680. The van der Waals surface area contributed by atoms with Gasteiger partial charge in [-0.2, -0.15) is 5.26 Å². The van der Waals surface area contributed by atoms with E-state index < -0.39 is 0 Å². The number of nitrogens with zero attached hydrogens (tertiary/aromatic N) is 4. The molecule has 0 amide bonds. The first-order valence-electron chi connectivity index (χ1n) is 13.2. The number of unbranched alkanes of at least 4 members (excludes halogenated alkanes) is 1. The highest BCUT2D eigenvalue weighted by Crippen LogP contribution is 2.25. The Labute approximate surface area is 233 Å². The van der Waals surface area contributed by atoms with Crippen molar-refractivity contribution in [2.24, 2.45) is 0 Å². The molecule has 39 heavy (non-hydrogen) atoms. The number of benzene rings is 3. The Morgan fingerprint density at radius 2 is 1.67 bits per heavy atom. The van der Waals surface area contributed by atoms with Gasteiger partial charge in [0.1, 0.15) is 10.8 Å². The van der Waals surface area contributed by atoms with Gasteiger partial charge in [0.2, 0.25) is 0 Å². The van der Waals surface area contributed by atoms with Crippen molar-refractivity contribution in [3.05, 3.63) is 128 Å². The highest BCUT2D eigenvalue weighted by Gasteiger charge is 2.17. The first kappa shape index (κ1) is 26.3. The molecule has 6 heteroatoms. The minimum absolute atomic E-state index is 0.00164. The van der Waals surface area contributed by atoms with E-state index in [1.165, 1.54) is 0 Å². The fourth-order valence-corrected chi connectivity index (χ4v) is 5.58. The summed E-state index contributed by atoms with van der Waals surface area (Å²) in [6, 6.07) is 28.1. The summed E-state index contributed by atoms with van der Waals surface area (Å²) in [5.74, 6) is 0.715. The van der Waals surface area contributed by atoms with Gasteiger partial charge in [-0.25, -0.2) is 9.97 Å². The molecule has 2 aromatic heterocycles. The fraction of sp³-hybridized carbons (Fsp3) is 0.212. The van der Waals surface area contributed by atoms with Gasteiger partial charge in [-0.05, 0) is 42.5 Å². The highest BCUT2D eigenvalue weighted by atomic mass is 32.1. The van der Waals surface area contributed by atoms with Crippen molar-refractivity contribution in [2.75, 3.05) is 0 Å². The van der Waals surface area contributed by atoms with Crippen molar-refractivity contribution in [3.63, 3.8) is 0 Å². The zero-order valence-electron chi connectivity index (χ0n) is 22.2. The topological polar surface area (TPSA) is 71.6 Å². The van der Waals surface area contributed by atoms with Crippen molar-refractivity contribution in [3.8, 4) is 27.8 Å². The Morgan fingerprint density at radius 1 is 0.923 bits per heavy atom. The molecule has 2 heterocycles. The second-order valence-electron chi connectivity index (χ2n) is 9.62. The monoisotopic (exact) mass is 530 g/mol. The van der Waals surface area contributed by atoms with Gasteiger partial charge in [-0.1, -0.05) is 86.1 Å². The molecular formula is C33H30N4OS. The number of hydrogen-bond donors (Lipinski definition) is 0. The maximum absolute atomic E-state index is 13.9. The van der Waals surface area contributed by atoms with Crippen molar-refractivity contribution >= 4 is 11.3 Å². The molecule has 0 aliphatic rings. The zero-order valence-corrected chi connectivity index (χ0v) is 23.0. The van der Waals surface area contributed by atoms with Gasteiger partial charge in [-0.15, -0.1) is 11.3 Å². The van der Waals surface area contributed by atoms with Gasteiger partial charge in [0.15, 0.2) is 0 Å². The maximum atomic E-state index is 13.9. The molecule has 0 spiro atoms. The zero-order chi connectivity index (χ0) is 27.2. The van der Waals surface area contributed by atoms with E-state index in [0.717, 1.165) is 63.5 Å². The van der Waals surface area contributed by atoms with Gasteiger partial charge in [0.05, 0.1) is 29.6 Å². The van der Waals surface area contributed by atoms with Gasteiger partial charge in [0, 0.05) is 22.9 Å². The lowest BCUT2D eigenvalue weighted by atomic mass is 9.97. The van der Waals surface area contributed by atoms with Crippen LogP contribution in [0.2, 0.25) is 0 Å². The predicted octanol–water partition coefficient (Wildman–Crippen LogP) is 7.20. The molecule has 5 rings (SSSR count). The second-order valence-corrected chi connectivity index (χ2v) is 10.5. The molecule has 0 bridgehead atoms. The average Bonchev–Trinajstić information content (AvgIpc) is 3.45. The van der Waals surface area contributed by atoms with Crippen molar-refractivity contribution in [1.29, 1.82) is 5.26 Å². The van der Waals surface area contributed by atoms with Crippen LogP contribution in [-0.4, -0.2) is 14.5 Å². The van der Waals surface area contributed by atoms with E-state index in [-0.39, 0.29) is 5.56 Å². The number of nitriles is 1. The van der Waals surface area contributed by atoms with Crippen LogP contribution in [0.25, 0.3) is 21.7 Å². The number of hydrogen-bond acceptors (Lipinski definition) is 5. The number of rotatable bonds is 9. The summed E-state index contributed by atoms with van der Waals surface area (Å²) in [7, 11) is 0. The van der Waals surface area contributed by atoms with Crippen LogP contribution in [0.1, 0.15) is 53.7 Å². The quantitative estimate of drug-likeness (QED) is 0.202. The molecular weight excluding hydrogens is 500 g/mol. The number of aryl methyl sites for hydroxylation is 2. The summed E-state index contributed by atoms with van der Waals surface area (Å²) in [6.45, 7) is 4.45. The lowest BCUT2D eigenvalue weighted by Crippen LogP contribution is -2.30. The SMILES string of the molecule is CCCCc1nc(C)n(Cc2csc(-c3ccccc3)n2)c(=O)c1Cc1ccc(-c2ccccc2C#N)cc1. The maximum Gasteiger partial charge on any atom is 0.257 e. The van der Waals surface area contributed by atoms with Crippen LogP contribution < -0.4 is 5.56 Å². The Kier molecular flexibility index (Phi) is 8.10. The third kappa shape index (κ3) is 5.89. The minimum Gasteiger partial charge on any atom is -0.291 e. The summed E-state index contributed by atoms with van der Waals surface area (Å²) in [5, 5.41) is 12.4. The van der Waals surface area contributed by atoms with E-state index in [4.69, 9.17) is 9.97 Å². The molecule has 0 N–H and O–H groups in total. The number of thiazole rings is 1. The van der Waals surface area contributed by atoms with Gasteiger partial charge in [0.25, 0.3) is 5.56 Å². The Balaban J connectivity index is 1.46. The molecule has 0 saturated carbocycles. The molecule has 194 valence electrons. The smallest absolute Gasteiger partial charge is 0.257 e. The van der Waals surface area contributed by atoms with Crippen LogP contribution in [0.15, 0.2) is 89.0 Å². The molecule has 0 saturated heterocycles. The summed E-state index contributed by atoms with van der Waals surface area (Å²) in [6.07, 6.45) is 3.32. The third-order valence-corrected chi connectivity index (χ3v) is 7.83. The van der Waals surface area contributed by atoms with Crippen LogP contribution in [0.3, 0.4) is 0 Å². The highest BCUT2D eigenvalue weighted by molar-refractivity contribution is 7.13. The molecule has 0 aliphatic heterocycles. The molecule has 5 nitrogen and oxygen atoms in total. The minimum atomic E-state index is 0.00164. The van der Waals surface area contributed by atoms with Crippen LogP contribution >= 0.6 is 11.3 Å². The van der Waals surface area contributed by atoms with Crippen LogP contribution in [0, 0.1) is 18.3 Å². The summed E-state index contributed by atoms with van der Waals surface area (Å²) >= 11 is 1.59. The van der Waals surface area contributed by atoms with E-state index in [1.54, 1.807) is 15.9 Å². The van der Waals surface area contributed by atoms with Crippen LogP contribution in [-0.2, 0) is 19.4 Å². The van der Waals surface area contributed by atoms with Crippen LogP contribution in [0.4, 0.5) is 0 Å². The van der Waals surface area contributed by atoms with E-state index in [0.29, 0.717) is 24.4 Å². The summed E-state index contributed by atoms with van der Waals surface area (Å²) in [5.41, 5.74) is 7.16. The van der Waals surface area contributed by atoms with Gasteiger partial charge >= 0.3 is 0 Å². The third-order valence-electron chi connectivity index (χ3n) is 6.89. The van der Waals surface area contributed by atoms with E-state index in [9.17, 15) is 10.1 Å². The van der Waals surface area contributed by atoms with Crippen molar-refractivity contribution < 1.29 is 0 Å². The van der Waals surface area contributed by atoms with Crippen LogP contribution in [0.5, 0.6) is 0 Å².